The minimum absolute atomic E-state index is 0.256. The van der Waals surface area contributed by atoms with E-state index in [1.54, 1.807) is 12.4 Å². The Labute approximate surface area is 112 Å². The van der Waals surface area contributed by atoms with Crippen molar-refractivity contribution in [2.24, 2.45) is 5.92 Å². The third-order valence-electron chi connectivity index (χ3n) is 4.09. The molecule has 2 unspecified atom stereocenters. The Kier molecular flexibility index (Phi) is 3.25. The van der Waals surface area contributed by atoms with Gasteiger partial charge in [0.1, 0.15) is 0 Å². The lowest BCUT2D eigenvalue weighted by Crippen LogP contribution is -2.26. The van der Waals surface area contributed by atoms with E-state index in [1.165, 1.54) is 6.42 Å². The second kappa shape index (κ2) is 5.05. The standard InChI is InChI=1S/C15H19N3O/c16-13-4-5-15(11-6-7-17-8-12(11)13)18-14-3-1-2-10(14)9-19/h4-8,10,14,18-19H,1-3,9,16H2. The molecule has 1 heterocycles. The van der Waals surface area contributed by atoms with Crippen LogP contribution < -0.4 is 11.1 Å². The summed E-state index contributed by atoms with van der Waals surface area (Å²) in [6.45, 7) is 0.256. The van der Waals surface area contributed by atoms with E-state index in [0.717, 1.165) is 35.0 Å². The van der Waals surface area contributed by atoms with Crippen LogP contribution in [0.5, 0.6) is 0 Å². The van der Waals surface area contributed by atoms with Gasteiger partial charge in [-0.3, -0.25) is 4.98 Å². The van der Waals surface area contributed by atoms with Gasteiger partial charge in [-0.25, -0.2) is 0 Å². The maximum absolute atomic E-state index is 9.40. The molecule has 19 heavy (non-hydrogen) atoms. The van der Waals surface area contributed by atoms with Crippen LogP contribution in [0.3, 0.4) is 0 Å². The highest BCUT2D eigenvalue weighted by atomic mass is 16.3. The minimum atomic E-state index is 0.256. The molecule has 2 atom stereocenters. The number of nitrogen functional groups attached to an aromatic ring is 1. The largest absolute Gasteiger partial charge is 0.398 e. The van der Waals surface area contributed by atoms with E-state index in [-0.39, 0.29) is 6.61 Å². The number of fused-ring (bicyclic) bond motifs is 1. The highest BCUT2D eigenvalue weighted by Gasteiger charge is 2.26. The fourth-order valence-electron chi connectivity index (χ4n) is 2.98. The number of benzene rings is 1. The van der Waals surface area contributed by atoms with Crippen LogP contribution >= 0.6 is 0 Å². The maximum atomic E-state index is 9.40. The van der Waals surface area contributed by atoms with Gasteiger partial charge in [0.25, 0.3) is 0 Å². The zero-order valence-electron chi connectivity index (χ0n) is 10.8. The van der Waals surface area contributed by atoms with Crippen molar-refractivity contribution in [3.05, 3.63) is 30.6 Å². The zero-order valence-corrected chi connectivity index (χ0v) is 10.8. The molecule has 100 valence electrons. The summed E-state index contributed by atoms with van der Waals surface area (Å²) in [6, 6.07) is 6.27. The number of hydrogen-bond acceptors (Lipinski definition) is 4. The quantitative estimate of drug-likeness (QED) is 0.738. The normalized spacial score (nSPS) is 22.8. The number of nitrogens with one attached hydrogen (secondary N) is 1. The predicted molar refractivity (Wildman–Crippen MR) is 78.0 cm³/mol. The third-order valence-corrected chi connectivity index (χ3v) is 4.09. The van der Waals surface area contributed by atoms with E-state index in [2.05, 4.69) is 10.3 Å². The van der Waals surface area contributed by atoms with E-state index in [9.17, 15) is 5.11 Å². The van der Waals surface area contributed by atoms with Gasteiger partial charge < -0.3 is 16.2 Å². The molecule has 1 aromatic carbocycles. The highest BCUT2D eigenvalue weighted by molar-refractivity contribution is 6.00. The molecule has 1 aromatic heterocycles. The molecular formula is C15H19N3O. The van der Waals surface area contributed by atoms with E-state index in [1.807, 2.05) is 18.2 Å². The van der Waals surface area contributed by atoms with Crippen molar-refractivity contribution in [2.45, 2.75) is 25.3 Å². The Morgan fingerprint density at radius 3 is 3.00 bits per heavy atom. The summed E-state index contributed by atoms with van der Waals surface area (Å²) < 4.78 is 0. The van der Waals surface area contributed by atoms with Crippen LogP contribution in [0.15, 0.2) is 30.6 Å². The molecule has 4 N–H and O–H groups in total. The number of anilines is 2. The molecule has 1 fully saturated rings. The zero-order chi connectivity index (χ0) is 13.2. The molecular weight excluding hydrogens is 238 g/mol. The van der Waals surface area contributed by atoms with E-state index in [4.69, 9.17) is 5.73 Å². The van der Waals surface area contributed by atoms with Crippen molar-refractivity contribution in [3.8, 4) is 0 Å². The SMILES string of the molecule is Nc1ccc(NC2CCCC2CO)c2ccncc12. The van der Waals surface area contributed by atoms with Gasteiger partial charge in [0.15, 0.2) is 0 Å². The topological polar surface area (TPSA) is 71.2 Å². The smallest absolute Gasteiger partial charge is 0.0478 e. The van der Waals surface area contributed by atoms with Gasteiger partial charge in [0.05, 0.1) is 0 Å². The maximum Gasteiger partial charge on any atom is 0.0478 e. The van der Waals surface area contributed by atoms with Crippen molar-refractivity contribution in [1.29, 1.82) is 0 Å². The molecule has 0 spiro atoms. The van der Waals surface area contributed by atoms with Crippen LogP contribution in [0, 0.1) is 5.92 Å². The van der Waals surface area contributed by atoms with Gasteiger partial charge in [-0.1, -0.05) is 6.42 Å². The fraction of sp³-hybridized carbons (Fsp3) is 0.400. The van der Waals surface area contributed by atoms with E-state index in [0.29, 0.717) is 12.0 Å². The van der Waals surface area contributed by atoms with Crippen LogP contribution in [0.2, 0.25) is 0 Å². The molecule has 0 radical (unpaired) electrons. The summed E-state index contributed by atoms with van der Waals surface area (Å²) in [5.74, 6) is 0.356. The molecule has 1 aliphatic rings. The third kappa shape index (κ3) is 2.24. The minimum Gasteiger partial charge on any atom is -0.398 e. The van der Waals surface area contributed by atoms with Crippen molar-refractivity contribution >= 4 is 22.1 Å². The van der Waals surface area contributed by atoms with Crippen LogP contribution in [-0.4, -0.2) is 22.7 Å². The number of nitrogens with zero attached hydrogens (tertiary/aromatic N) is 1. The van der Waals surface area contributed by atoms with Gasteiger partial charge in [-0.05, 0) is 31.0 Å². The van der Waals surface area contributed by atoms with Crippen LogP contribution in [0.25, 0.3) is 10.8 Å². The lowest BCUT2D eigenvalue weighted by molar-refractivity contribution is 0.222. The second-order valence-corrected chi connectivity index (χ2v) is 5.25. The van der Waals surface area contributed by atoms with Gasteiger partial charge >= 0.3 is 0 Å². The van der Waals surface area contributed by atoms with Gasteiger partial charge in [0.2, 0.25) is 0 Å². The van der Waals surface area contributed by atoms with Gasteiger partial charge in [-0.15, -0.1) is 0 Å². The molecule has 1 saturated carbocycles. The van der Waals surface area contributed by atoms with Crippen LogP contribution in [0.1, 0.15) is 19.3 Å². The number of pyridine rings is 1. The Balaban J connectivity index is 1.95. The second-order valence-electron chi connectivity index (χ2n) is 5.25. The summed E-state index contributed by atoms with van der Waals surface area (Å²) in [7, 11) is 0. The lowest BCUT2D eigenvalue weighted by Gasteiger charge is -2.21. The first-order valence-electron chi connectivity index (χ1n) is 6.79. The molecule has 3 rings (SSSR count). The van der Waals surface area contributed by atoms with Crippen molar-refractivity contribution in [1.82, 2.24) is 4.98 Å². The molecule has 4 heteroatoms. The Morgan fingerprint density at radius 1 is 1.26 bits per heavy atom. The Hall–Kier alpha value is -1.81. The van der Waals surface area contributed by atoms with Gasteiger partial charge in [-0.2, -0.15) is 0 Å². The van der Waals surface area contributed by atoms with E-state index < -0.39 is 0 Å². The molecule has 1 aliphatic carbocycles. The highest BCUT2D eigenvalue weighted by Crippen LogP contribution is 2.32. The molecule has 0 bridgehead atoms. The Morgan fingerprint density at radius 2 is 2.16 bits per heavy atom. The predicted octanol–water partition coefficient (Wildman–Crippen LogP) is 2.39. The number of aliphatic hydroxyl groups excluding tert-OH is 1. The van der Waals surface area contributed by atoms with Gasteiger partial charge in [0, 0.05) is 53.1 Å². The van der Waals surface area contributed by atoms with Crippen LogP contribution in [0.4, 0.5) is 11.4 Å². The average molecular weight is 257 g/mol. The summed E-state index contributed by atoms with van der Waals surface area (Å²) in [5.41, 5.74) is 7.81. The number of rotatable bonds is 3. The molecule has 0 saturated heterocycles. The summed E-state index contributed by atoms with van der Waals surface area (Å²) in [5, 5.41) is 15.0. The summed E-state index contributed by atoms with van der Waals surface area (Å²) in [6.07, 6.45) is 6.97. The average Bonchev–Trinajstić information content (AvgIpc) is 2.89. The van der Waals surface area contributed by atoms with Crippen molar-refractivity contribution in [3.63, 3.8) is 0 Å². The Bertz CT molecular complexity index is 585. The summed E-state index contributed by atoms with van der Waals surface area (Å²) in [4.78, 5) is 4.13. The molecule has 4 nitrogen and oxygen atoms in total. The van der Waals surface area contributed by atoms with Crippen molar-refractivity contribution < 1.29 is 5.11 Å². The number of hydrogen-bond donors (Lipinski definition) is 3. The monoisotopic (exact) mass is 257 g/mol. The summed E-state index contributed by atoms with van der Waals surface area (Å²) >= 11 is 0. The number of aromatic nitrogens is 1. The first-order chi connectivity index (χ1) is 9.29. The fourth-order valence-corrected chi connectivity index (χ4v) is 2.98. The van der Waals surface area contributed by atoms with Crippen LogP contribution in [-0.2, 0) is 0 Å². The van der Waals surface area contributed by atoms with Crippen molar-refractivity contribution in [2.75, 3.05) is 17.7 Å². The molecule has 0 amide bonds. The number of aliphatic hydroxyl groups is 1. The molecule has 2 aromatic rings. The first kappa shape index (κ1) is 12.2. The first-order valence-corrected chi connectivity index (χ1v) is 6.79. The lowest BCUT2D eigenvalue weighted by atomic mass is 10.0. The number of nitrogens with two attached hydrogens (primary N) is 1. The molecule has 0 aliphatic heterocycles. The van der Waals surface area contributed by atoms with E-state index >= 15 is 0 Å².